The van der Waals surface area contributed by atoms with E-state index in [4.69, 9.17) is 0 Å². The van der Waals surface area contributed by atoms with E-state index in [-0.39, 0.29) is 28.7 Å². The number of aromatic amines is 1. The van der Waals surface area contributed by atoms with E-state index in [1.807, 2.05) is 18.2 Å². The molecule has 0 fully saturated rings. The van der Waals surface area contributed by atoms with E-state index in [0.717, 1.165) is 24.8 Å². The maximum absolute atomic E-state index is 12.7. The van der Waals surface area contributed by atoms with Crippen molar-refractivity contribution in [3.8, 4) is 0 Å². The number of hydrogen-bond acceptors (Lipinski definition) is 4. The molecule has 2 aromatic heterocycles. The molecule has 0 radical (unpaired) electrons. The van der Waals surface area contributed by atoms with Gasteiger partial charge in [-0.05, 0) is 42.5 Å². The SMILES string of the molecule is Cn1c(=O)[nH]c(=O)c2ccc(C(=O)N[C@H]3CCCc4ccccc43)nc21. The van der Waals surface area contributed by atoms with Crippen molar-refractivity contribution in [2.75, 3.05) is 0 Å². The molecule has 1 amide bonds. The molecule has 1 atom stereocenters. The molecule has 0 unspecified atom stereocenters. The van der Waals surface area contributed by atoms with Crippen LogP contribution in [-0.4, -0.2) is 20.4 Å². The molecular weight excluding hydrogens is 332 g/mol. The fourth-order valence-corrected chi connectivity index (χ4v) is 3.49. The van der Waals surface area contributed by atoms with Crippen molar-refractivity contribution in [3.63, 3.8) is 0 Å². The topological polar surface area (TPSA) is 96.9 Å². The second kappa shape index (κ2) is 6.25. The molecule has 2 heterocycles. The van der Waals surface area contributed by atoms with Gasteiger partial charge >= 0.3 is 5.69 Å². The van der Waals surface area contributed by atoms with Crippen molar-refractivity contribution in [1.82, 2.24) is 19.9 Å². The van der Waals surface area contributed by atoms with Gasteiger partial charge in [-0.25, -0.2) is 9.78 Å². The molecule has 1 aliphatic carbocycles. The van der Waals surface area contributed by atoms with Gasteiger partial charge in [0.05, 0.1) is 11.4 Å². The summed E-state index contributed by atoms with van der Waals surface area (Å²) in [4.78, 5) is 42.8. The zero-order valence-corrected chi connectivity index (χ0v) is 14.3. The Morgan fingerprint density at radius 2 is 2.04 bits per heavy atom. The predicted octanol–water partition coefficient (Wildman–Crippen LogP) is 1.43. The summed E-state index contributed by atoms with van der Waals surface area (Å²) in [6, 6.07) is 11.1. The number of aromatic nitrogens is 3. The molecular formula is C19H18N4O3. The van der Waals surface area contributed by atoms with Crippen molar-refractivity contribution >= 4 is 16.9 Å². The lowest BCUT2D eigenvalue weighted by molar-refractivity contribution is 0.0928. The van der Waals surface area contributed by atoms with E-state index < -0.39 is 11.2 Å². The smallest absolute Gasteiger partial charge is 0.329 e. The zero-order valence-electron chi connectivity index (χ0n) is 14.3. The maximum atomic E-state index is 12.7. The average molecular weight is 350 g/mol. The number of carbonyl (C=O) groups is 1. The molecule has 4 rings (SSSR count). The number of hydrogen-bond donors (Lipinski definition) is 2. The molecule has 2 N–H and O–H groups in total. The van der Waals surface area contributed by atoms with Gasteiger partial charge in [-0.2, -0.15) is 0 Å². The van der Waals surface area contributed by atoms with Gasteiger partial charge in [-0.3, -0.25) is 19.1 Å². The summed E-state index contributed by atoms with van der Waals surface area (Å²) >= 11 is 0. The number of carbonyl (C=O) groups excluding carboxylic acids is 1. The first-order chi connectivity index (χ1) is 12.5. The van der Waals surface area contributed by atoms with Crippen LogP contribution in [0.15, 0.2) is 46.0 Å². The van der Waals surface area contributed by atoms with Gasteiger partial charge in [-0.15, -0.1) is 0 Å². The van der Waals surface area contributed by atoms with Crippen molar-refractivity contribution < 1.29 is 4.79 Å². The molecule has 0 saturated carbocycles. The van der Waals surface area contributed by atoms with Crippen LogP contribution in [0.5, 0.6) is 0 Å². The molecule has 1 aromatic carbocycles. The monoisotopic (exact) mass is 350 g/mol. The number of aryl methyl sites for hydroxylation is 2. The van der Waals surface area contributed by atoms with Crippen molar-refractivity contribution in [2.45, 2.75) is 25.3 Å². The van der Waals surface area contributed by atoms with Crippen LogP contribution in [0, 0.1) is 0 Å². The third-order valence-corrected chi connectivity index (χ3v) is 4.87. The van der Waals surface area contributed by atoms with Gasteiger partial charge in [0.25, 0.3) is 11.5 Å². The highest BCUT2D eigenvalue weighted by molar-refractivity contribution is 5.94. The Morgan fingerprint density at radius 1 is 1.23 bits per heavy atom. The number of rotatable bonds is 2. The number of fused-ring (bicyclic) bond motifs is 2. The lowest BCUT2D eigenvalue weighted by atomic mass is 9.87. The Kier molecular flexibility index (Phi) is 3.91. The van der Waals surface area contributed by atoms with Gasteiger partial charge < -0.3 is 5.32 Å². The molecule has 0 aliphatic heterocycles. The van der Waals surface area contributed by atoms with Gasteiger partial charge in [0, 0.05) is 7.05 Å². The molecule has 0 spiro atoms. The minimum Gasteiger partial charge on any atom is -0.344 e. The summed E-state index contributed by atoms with van der Waals surface area (Å²) in [6.45, 7) is 0. The van der Waals surface area contributed by atoms with Crippen LogP contribution in [0.4, 0.5) is 0 Å². The number of benzene rings is 1. The Labute approximate surface area is 148 Å². The quantitative estimate of drug-likeness (QED) is 0.731. The molecule has 0 saturated heterocycles. The summed E-state index contributed by atoms with van der Waals surface area (Å²) in [5, 5.41) is 3.30. The van der Waals surface area contributed by atoms with Crippen LogP contribution in [0.25, 0.3) is 11.0 Å². The van der Waals surface area contributed by atoms with Crippen LogP contribution in [0.1, 0.15) is 40.5 Å². The highest BCUT2D eigenvalue weighted by Crippen LogP contribution is 2.29. The number of pyridine rings is 1. The van der Waals surface area contributed by atoms with E-state index in [1.165, 1.54) is 29.3 Å². The second-order valence-corrected chi connectivity index (χ2v) is 6.50. The van der Waals surface area contributed by atoms with Gasteiger partial charge in [0.15, 0.2) is 0 Å². The first-order valence-electron chi connectivity index (χ1n) is 8.53. The Bertz CT molecular complexity index is 1130. The lowest BCUT2D eigenvalue weighted by Crippen LogP contribution is -2.32. The summed E-state index contributed by atoms with van der Waals surface area (Å²) in [7, 11) is 1.51. The normalized spacial score (nSPS) is 16.3. The first-order valence-corrected chi connectivity index (χ1v) is 8.53. The van der Waals surface area contributed by atoms with Crippen LogP contribution in [-0.2, 0) is 13.5 Å². The summed E-state index contributed by atoms with van der Waals surface area (Å²) in [5.74, 6) is -0.318. The first kappa shape index (κ1) is 16.3. The zero-order chi connectivity index (χ0) is 18.3. The van der Waals surface area contributed by atoms with Crippen LogP contribution < -0.4 is 16.6 Å². The Balaban J connectivity index is 1.69. The molecule has 26 heavy (non-hydrogen) atoms. The standard InChI is InChI=1S/C19H18N4O3/c1-23-16-13(17(24)22-19(23)26)9-10-15(20-16)18(25)21-14-8-4-6-11-5-2-3-7-12(11)14/h2-3,5,7,9-10,14H,4,6,8H2,1H3,(H,21,25)(H,22,24,26)/t14-/m0/s1. The maximum Gasteiger partial charge on any atom is 0.329 e. The van der Waals surface area contributed by atoms with Crippen LogP contribution >= 0.6 is 0 Å². The van der Waals surface area contributed by atoms with Crippen molar-refractivity contribution in [1.29, 1.82) is 0 Å². The van der Waals surface area contributed by atoms with Gasteiger partial charge in [0.1, 0.15) is 11.3 Å². The fraction of sp³-hybridized carbons (Fsp3) is 0.263. The molecule has 132 valence electrons. The molecule has 1 aliphatic rings. The van der Waals surface area contributed by atoms with Crippen LogP contribution in [0.2, 0.25) is 0 Å². The largest absolute Gasteiger partial charge is 0.344 e. The van der Waals surface area contributed by atoms with E-state index in [0.29, 0.717) is 0 Å². The number of amides is 1. The van der Waals surface area contributed by atoms with E-state index in [2.05, 4.69) is 21.4 Å². The highest BCUT2D eigenvalue weighted by atomic mass is 16.2. The Morgan fingerprint density at radius 3 is 2.88 bits per heavy atom. The number of nitrogens with one attached hydrogen (secondary N) is 2. The van der Waals surface area contributed by atoms with E-state index in [9.17, 15) is 14.4 Å². The molecule has 7 heteroatoms. The molecule has 0 bridgehead atoms. The summed E-state index contributed by atoms with van der Waals surface area (Å²) < 4.78 is 1.23. The van der Waals surface area contributed by atoms with Crippen LogP contribution in [0.3, 0.4) is 0 Å². The third-order valence-electron chi connectivity index (χ3n) is 4.87. The van der Waals surface area contributed by atoms with E-state index >= 15 is 0 Å². The lowest BCUT2D eigenvalue weighted by Gasteiger charge is -2.26. The summed E-state index contributed by atoms with van der Waals surface area (Å²) in [6.07, 6.45) is 2.90. The minimum absolute atomic E-state index is 0.0621. The fourth-order valence-electron chi connectivity index (χ4n) is 3.49. The average Bonchev–Trinajstić information content (AvgIpc) is 2.66. The number of H-pyrrole nitrogens is 1. The van der Waals surface area contributed by atoms with E-state index in [1.54, 1.807) is 0 Å². The second-order valence-electron chi connectivity index (χ2n) is 6.50. The van der Waals surface area contributed by atoms with Crippen molar-refractivity contribution in [2.24, 2.45) is 7.05 Å². The molecule has 7 nitrogen and oxygen atoms in total. The highest BCUT2D eigenvalue weighted by Gasteiger charge is 2.22. The number of nitrogens with zero attached hydrogens (tertiary/aromatic N) is 2. The van der Waals surface area contributed by atoms with Gasteiger partial charge in [0.2, 0.25) is 0 Å². The predicted molar refractivity (Wildman–Crippen MR) is 97.2 cm³/mol. The molecule has 3 aromatic rings. The summed E-state index contributed by atoms with van der Waals surface area (Å²) in [5.41, 5.74) is 1.69. The third kappa shape index (κ3) is 2.71. The van der Waals surface area contributed by atoms with Gasteiger partial charge in [-0.1, -0.05) is 24.3 Å². The minimum atomic E-state index is -0.561. The Hall–Kier alpha value is -3.22. The van der Waals surface area contributed by atoms with Crippen molar-refractivity contribution in [3.05, 3.63) is 74.1 Å².